The lowest BCUT2D eigenvalue weighted by atomic mass is 10.4. The summed E-state index contributed by atoms with van der Waals surface area (Å²) >= 11 is 5.75. The molecule has 0 bridgehead atoms. The van der Waals surface area contributed by atoms with Crippen LogP contribution in [0.5, 0.6) is 5.88 Å². The minimum atomic E-state index is 0.468. The van der Waals surface area contributed by atoms with E-state index in [0.29, 0.717) is 36.6 Å². The van der Waals surface area contributed by atoms with Crippen LogP contribution in [0.2, 0.25) is 5.02 Å². The van der Waals surface area contributed by atoms with Crippen molar-refractivity contribution in [3.8, 4) is 5.88 Å². The molecule has 2 rings (SSSR count). The maximum atomic E-state index is 5.75. The number of guanidine groups is 1. The highest BCUT2D eigenvalue weighted by atomic mass is 35.5. The lowest BCUT2D eigenvalue weighted by Crippen LogP contribution is -2.38. The van der Waals surface area contributed by atoms with Gasteiger partial charge in [-0.25, -0.2) is 4.98 Å². The number of pyridine rings is 1. The largest absolute Gasteiger partial charge is 0.476 e. The van der Waals surface area contributed by atoms with Crippen LogP contribution in [-0.4, -0.2) is 31.1 Å². The predicted molar refractivity (Wildman–Crippen MR) is 81.7 cm³/mol. The number of aromatic nitrogens is 1. The molecule has 2 heterocycles. The number of hydrogen-bond donors (Lipinski definition) is 2. The normalized spacial score (nSPS) is 11.2. The molecule has 0 atom stereocenters. The van der Waals surface area contributed by atoms with E-state index in [1.165, 1.54) is 0 Å². The summed E-state index contributed by atoms with van der Waals surface area (Å²) in [6.45, 7) is 1.64. The molecule has 7 heteroatoms. The van der Waals surface area contributed by atoms with E-state index in [0.717, 1.165) is 5.76 Å². The van der Waals surface area contributed by atoms with Gasteiger partial charge in [-0.15, -0.1) is 0 Å². The molecule has 0 radical (unpaired) electrons. The molecular weight excluding hydrogens is 292 g/mol. The van der Waals surface area contributed by atoms with E-state index in [1.54, 1.807) is 31.6 Å². The Morgan fingerprint density at radius 1 is 1.38 bits per heavy atom. The van der Waals surface area contributed by atoms with Gasteiger partial charge in [0.25, 0.3) is 0 Å². The zero-order valence-electron chi connectivity index (χ0n) is 11.7. The van der Waals surface area contributed by atoms with Gasteiger partial charge in [0, 0.05) is 19.3 Å². The van der Waals surface area contributed by atoms with Crippen LogP contribution >= 0.6 is 11.6 Å². The molecule has 0 saturated heterocycles. The maximum Gasteiger partial charge on any atom is 0.213 e. The highest BCUT2D eigenvalue weighted by Crippen LogP contribution is 2.10. The number of nitrogens with one attached hydrogen (secondary N) is 2. The van der Waals surface area contributed by atoms with E-state index < -0.39 is 0 Å². The molecule has 112 valence electrons. The Morgan fingerprint density at radius 2 is 2.29 bits per heavy atom. The van der Waals surface area contributed by atoms with Crippen molar-refractivity contribution in [1.82, 2.24) is 15.6 Å². The summed E-state index contributed by atoms with van der Waals surface area (Å²) < 4.78 is 10.7. The van der Waals surface area contributed by atoms with Crippen molar-refractivity contribution in [3.05, 3.63) is 47.5 Å². The third-order valence-corrected chi connectivity index (χ3v) is 2.80. The first-order valence-electron chi connectivity index (χ1n) is 6.49. The van der Waals surface area contributed by atoms with Crippen LogP contribution in [0.4, 0.5) is 0 Å². The lowest BCUT2D eigenvalue weighted by Gasteiger charge is -2.11. The summed E-state index contributed by atoms with van der Waals surface area (Å²) in [5.41, 5.74) is 0. The van der Waals surface area contributed by atoms with Gasteiger partial charge in [-0.2, -0.15) is 0 Å². The highest BCUT2D eigenvalue weighted by molar-refractivity contribution is 6.30. The maximum absolute atomic E-state index is 5.75. The van der Waals surface area contributed by atoms with E-state index in [1.807, 2.05) is 12.1 Å². The van der Waals surface area contributed by atoms with Crippen molar-refractivity contribution in [2.24, 2.45) is 4.99 Å². The van der Waals surface area contributed by atoms with Gasteiger partial charge in [-0.1, -0.05) is 11.6 Å². The van der Waals surface area contributed by atoms with Crippen molar-refractivity contribution in [3.63, 3.8) is 0 Å². The highest BCUT2D eigenvalue weighted by Gasteiger charge is 2.00. The van der Waals surface area contributed by atoms with E-state index in [9.17, 15) is 0 Å². The molecule has 0 spiro atoms. The molecular formula is C14H17ClN4O2. The fraction of sp³-hybridized carbons (Fsp3) is 0.286. The van der Waals surface area contributed by atoms with Crippen LogP contribution in [0.1, 0.15) is 5.76 Å². The summed E-state index contributed by atoms with van der Waals surface area (Å²) in [5.74, 6) is 2.07. The molecule has 21 heavy (non-hydrogen) atoms. The molecule has 6 nitrogen and oxygen atoms in total. The summed E-state index contributed by atoms with van der Waals surface area (Å²) in [6, 6.07) is 7.21. The number of nitrogens with zero attached hydrogens (tertiary/aromatic N) is 2. The minimum absolute atomic E-state index is 0.468. The molecule has 2 aromatic heterocycles. The second kappa shape index (κ2) is 8.16. The van der Waals surface area contributed by atoms with Crippen molar-refractivity contribution < 1.29 is 9.15 Å². The molecule has 0 aliphatic carbocycles. The van der Waals surface area contributed by atoms with Crippen LogP contribution in [0, 0.1) is 0 Å². The average Bonchev–Trinajstić information content (AvgIpc) is 3.02. The minimum Gasteiger partial charge on any atom is -0.476 e. The zero-order valence-corrected chi connectivity index (χ0v) is 12.4. The Morgan fingerprint density at radius 3 is 2.95 bits per heavy atom. The van der Waals surface area contributed by atoms with Gasteiger partial charge in [0.1, 0.15) is 12.4 Å². The number of ether oxygens (including phenoxy) is 1. The number of hydrogen-bond acceptors (Lipinski definition) is 4. The van der Waals surface area contributed by atoms with Crippen LogP contribution < -0.4 is 15.4 Å². The molecule has 0 amide bonds. The zero-order chi connectivity index (χ0) is 14.9. The Balaban J connectivity index is 1.65. The Labute approximate surface area is 128 Å². The summed E-state index contributed by atoms with van der Waals surface area (Å²) in [6.07, 6.45) is 3.19. The molecule has 0 unspecified atom stereocenters. The second-order valence-electron chi connectivity index (χ2n) is 4.10. The topological polar surface area (TPSA) is 71.7 Å². The van der Waals surface area contributed by atoms with E-state index in [-0.39, 0.29) is 0 Å². The number of halogens is 1. The first kappa shape index (κ1) is 15.2. The lowest BCUT2D eigenvalue weighted by molar-refractivity contribution is 0.309. The summed E-state index contributed by atoms with van der Waals surface area (Å²) in [7, 11) is 1.71. The van der Waals surface area contributed by atoms with Crippen LogP contribution in [0.25, 0.3) is 0 Å². The summed E-state index contributed by atoms with van der Waals surface area (Å²) in [4.78, 5) is 8.15. The van der Waals surface area contributed by atoms with Crippen molar-refractivity contribution >= 4 is 17.6 Å². The second-order valence-corrected chi connectivity index (χ2v) is 4.53. The molecule has 0 aliphatic heterocycles. The number of furan rings is 1. The van der Waals surface area contributed by atoms with Gasteiger partial charge in [-0.05, 0) is 18.2 Å². The van der Waals surface area contributed by atoms with E-state index >= 15 is 0 Å². The van der Waals surface area contributed by atoms with Crippen LogP contribution in [0.3, 0.4) is 0 Å². The van der Waals surface area contributed by atoms with E-state index in [4.69, 9.17) is 20.8 Å². The van der Waals surface area contributed by atoms with Crippen molar-refractivity contribution in [2.75, 3.05) is 20.2 Å². The predicted octanol–water partition coefficient (Wildman–Crippen LogP) is 2.07. The third-order valence-electron chi connectivity index (χ3n) is 2.58. The average molecular weight is 309 g/mol. The van der Waals surface area contributed by atoms with Gasteiger partial charge in [0.05, 0.1) is 24.4 Å². The molecule has 0 fully saturated rings. The summed E-state index contributed by atoms with van der Waals surface area (Å²) in [5, 5.41) is 6.85. The fourth-order valence-electron chi connectivity index (χ4n) is 1.58. The first-order chi connectivity index (χ1) is 10.3. The Hall–Kier alpha value is -2.21. The number of rotatable bonds is 6. The van der Waals surface area contributed by atoms with Gasteiger partial charge >= 0.3 is 0 Å². The van der Waals surface area contributed by atoms with Crippen LogP contribution in [0.15, 0.2) is 46.1 Å². The third kappa shape index (κ3) is 5.35. The quantitative estimate of drug-likeness (QED) is 0.485. The monoisotopic (exact) mass is 308 g/mol. The van der Waals surface area contributed by atoms with Crippen LogP contribution in [-0.2, 0) is 6.54 Å². The van der Waals surface area contributed by atoms with Crippen molar-refractivity contribution in [2.45, 2.75) is 6.54 Å². The van der Waals surface area contributed by atoms with Gasteiger partial charge in [0.2, 0.25) is 5.88 Å². The molecule has 0 aromatic carbocycles. The standard InChI is InChI=1S/C14H17ClN4O2/c1-16-14(19-10-12-3-2-7-20-12)17-6-8-21-13-5-4-11(15)9-18-13/h2-5,7,9H,6,8,10H2,1H3,(H2,16,17,19). The first-order valence-corrected chi connectivity index (χ1v) is 6.87. The SMILES string of the molecule is CN=C(NCCOc1ccc(Cl)cn1)NCc1ccco1. The molecule has 0 saturated carbocycles. The Bertz CT molecular complexity index is 555. The fourth-order valence-corrected chi connectivity index (χ4v) is 1.69. The smallest absolute Gasteiger partial charge is 0.213 e. The molecule has 2 aromatic rings. The van der Waals surface area contributed by atoms with Gasteiger partial charge in [0.15, 0.2) is 5.96 Å². The van der Waals surface area contributed by atoms with Gasteiger partial charge < -0.3 is 19.8 Å². The Kier molecular flexibility index (Phi) is 5.90. The van der Waals surface area contributed by atoms with Gasteiger partial charge in [-0.3, -0.25) is 4.99 Å². The molecule has 2 N–H and O–H groups in total. The van der Waals surface area contributed by atoms with Crippen molar-refractivity contribution in [1.29, 1.82) is 0 Å². The van der Waals surface area contributed by atoms with E-state index in [2.05, 4.69) is 20.6 Å². The number of aliphatic imine (C=N–C) groups is 1. The molecule has 0 aliphatic rings.